The predicted octanol–water partition coefficient (Wildman–Crippen LogP) is 3.99. The molecule has 0 aliphatic rings. The van der Waals surface area contributed by atoms with E-state index in [1.54, 1.807) is 12.5 Å². The van der Waals surface area contributed by atoms with Crippen molar-refractivity contribution in [3.63, 3.8) is 0 Å². The maximum atomic E-state index is 10.5. The standard InChI is InChI=1S/C20H16N6O2S/c1-11-21-9-17(29-11)18(27)20-24-19(25-26-20)12-3-2-4-13(7-12)28-14-5-6-15-16(8-14)23-10-22-15/h2-10,18,27H,1H3,(H,22,23)(H,24,25,26). The Labute approximate surface area is 169 Å². The molecule has 1 atom stereocenters. The van der Waals surface area contributed by atoms with E-state index in [0.717, 1.165) is 26.5 Å². The van der Waals surface area contributed by atoms with Crippen LogP contribution in [-0.2, 0) is 0 Å². The zero-order chi connectivity index (χ0) is 19.8. The number of hydrogen-bond donors (Lipinski definition) is 3. The Morgan fingerprint density at radius 2 is 1.97 bits per heavy atom. The van der Waals surface area contributed by atoms with Crippen molar-refractivity contribution in [2.45, 2.75) is 13.0 Å². The second kappa shape index (κ2) is 7.12. The van der Waals surface area contributed by atoms with Crippen molar-refractivity contribution >= 4 is 22.4 Å². The molecule has 0 amide bonds. The molecule has 3 N–H and O–H groups in total. The number of nitrogens with zero attached hydrogens (tertiary/aromatic N) is 4. The second-order valence-corrected chi connectivity index (χ2v) is 7.72. The summed E-state index contributed by atoms with van der Waals surface area (Å²) in [5.41, 5.74) is 2.59. The Hall–Kier alpha value is -3.56. The molecule has 144 valence electrons. The molecule has 0 saturated heterocycles. The first-order valence-electron chi connectivity index (χ1n) is 8.90. The molecule has 0 fully saturated rings. The van der Waals surface area contributed by atoms with E-state index in [4.69, 9.17) is 4.74 Å². The number of H-pyrrole nitrogens is 2. The summed E-state index contributed by atoms with van der Waals surface area (Å²) in [5.74, 6) is 2.28. The number of ether oxygens (including phenoxy) is 1. The van der Waals surface area contributed by atoms with Gasteiger partial charge >= 0.3 is 0 Å². The van der Waals surface area contributed by atoms with Gasteiger partial charge < -0.3 is 19.8 Å². The molecule has 3 aromatic heterocycles. The van der Waals surface area contributed by atoms with Gasteiger partial charge in [-0.3, -0.25) is 0 Å². The van der Waals surface area contributed by atoms with Gasteiger partial charge in [-0.15, -0.1) is 21.5 Å². The summed E-state index contributed by atoms with van der Waals surface area (Å²) in [6, 6.07) is 13.2. The van der Waals surface area contributed by atoms with Crippen LogP contribution in [-0.4, -0.2) is 35.2 Å². The number of aromatic amines is 2. The van der Waals surface area contributed by atoms with Crippen LogP contribution in [0.25, 0.3) is 22.4 Å². The van der Waals surface area contributed by atoms with Gasteiger partial charge in [-0.1, -0.05) is 12.1 Å². The van der Waals surface area contributed by atoms with Gasteiger partial charge in [0.1, 0.15) is 17.6 Å². The number of aliphatic hydroxyl groups excluding tert-OH is 1. The Morgan fingerprint density at radius 1 is 1.07 bits per heavy atom. The first-order valence-corrected chi connectivity index (χ1v) is 9.72. The average Bonchev–Trinajstić information content (AvgIpc) is 3.48. The lowest BCUT2D eigenvalue weighted by atomic mass is 10.2. The Kier molecular flexibility index (Phi) is 4.30. The zero-order valence-electron chi connectivity index (χ0n) is 15.3. The van der Waals surface area contributed by atoms with Crippen LogP contribution in [0, 0.1) is 6.92 Å². The van der Waals surface area contributed by atoms with E-state index in [9.17, 15) is 5.11 Å². The lowest BCUT2D eigenvalue weighted by Crippen LogP contribution is -1.99. The number of hydrogen-bond acceptors (Lipinski definition) is 7. The summed E-state index contributed by atoms with van der Waals surface area (Å²) in [5, 5.41) is 19.6. The molecule has 9 heteroatoms. The van der Waals surface area contributed by atoms with E-state index in [0.29, 0.717) is 23.1 Å². The van der Waals surface area contributed by atoms with E-state index < -0.39 is 6.10 Å². The maximum Gasteiger partial charge on any atom is 0.165 e. The number of aryl methyl sites for hydroxylation is 1. The first-order chi connectivity index (χ1) is 14.2. The summed E-state index contributed by atoms with van der Waals surface area (Å²) in [4.78, 5) is 15.3. The van der Waals surface area contributed by atoms with Crippen LogP contribution in [0.15, 0.2) is 55.0 Å². The minimum absolute atomic E-state index is 0.374. The Balaban J connectivity index is 1.39. The molecule has 0 saturated carbocycles. The van der Waals surface area contributed by atoms with Gasteiger partial charge in [0.15, 0.2) is 11.6 Å². The quantitative estimate of drug-likeness (QED) is 0.408. The monoisotopic (exact) mass is 404 g/mol. The summed E-state index contributed by atoms with van der Waals surface area (Å²) in [6.07, 6.45) is 2.42. The fraction of sp³-hybridized carbons (Fsp3) is 0.100. The number of rotatable bonds is 5. The summed E-state index contributed by atoms with van der Waals surface area (Å²) >= 11 is 1.42. The van der Waals surface area contributed by atoms with Gasteiger partial charge in [0.05, 0.1) is 27.2 Å². The van der Waals surface area contributed by atoms with E-state index >= 15 is 0 Å². The number of imidazole rings is 1. The number of aromatic nitrogens is 6. The molecule has 0 spiro atoms. The molecule has 29 heavy (non-hydrogen) atoms. The fourth-order valence-corrected chi connectivity index (χ4v) is 3.76. The fourth-order valence-electron chi connectivity index (χ4n) is 2.99. The van der Waals surface area contributed by atoms with E-state index in [2.05, 4.69) is 30.1 Å². The van der Waals surface area contributed by atoms with Crippen molar-refractivity contribution in [3.8, 4) is 22.9 Å². The summed E-state index contributed by atoms with van der Waals surface area (Å²) in [7, 11) is 0. The van der Waals surface area contributed by atoms with Crippen molar-refractivity contribution < 1.29 is 9.84 Å². The number of thiazole rings is 1. The third-order valence-corrected chi connectivity index (χ3v) is 5.37. The smallest absolute Gasteiger partial charge is 0.165 e. The van der Waals surface area contributed by atoms with Crippen molar-refractivity contribution in [1.29, 1.82) is 0 Å². The van der Waals surface area contributed by atoms with Gasteiger partial charge in [0, 0.05) is 17.8 Å². The van der Waals surface area contributed by atoms with Gasteiger partial charge in [-0.2, -0.15) is 0 Å². The highest BCUT2D eigenvalue weighted by molar-refractivity contribution is 7.11. The third-order valence-electron chi connectivity index (χ3n) is 4.41. The van der Waals surface area contributed by atoms with Crippen molar-refractivity contribution in [2.75, 3.05) is 0 Å². The lowest BCUT2D eigenvalue weighted by Gasteiger charge is -2.07. The molecule has 0 aliphatic heterocycles. The maximum absolute atomic E-state index is 10.5. The minimum Gasteiger partial charge on any atom is -0.457 e. The van der Waals surface area contributed by atoms with Crippen molar-refractivity contribution in [1.82, 2.24) is 30.1 Å². The predicted molar refractivity (Wildman–Crippen MR) is 109 cm³/mol. The minimum atomic E-state index is -0.887. The van der Waals surface area contributed by atoms with Gasteiger partial charge in [-0.25, -0.2) is 9.97 Å². The SMILES string of the molecule is Cc1ncc(C(O)c2nnc(-c3cccc(Oc4ccc5[nH]cnc5c4)c3)[nH]2)s1. The molecule has 5 aromatic rings. The third kappa shape index (κ3) is 3.48. The van der Waals surface area contributed by atoms with Crippen molar-refractivity contribution in [2.24, 2.45) is 0 Å². The zero-order valence-corrected chi connectivity index (χ0v) is 16.1. The van der Waals surface area contributed by atoms with E-state index in [1.807, 2.05) is 49.4 Å². The molecule has 3 heterocycles. The van der Waals surface area contributed by atoms with Crippen LogP contribution in [0.5, 0.6) is 11.5 Å². The second-order valence-electron chi connectivity index (χ2n) is 6.45. The number of nitrogens with one attached hydrogen (secondary N) is 2. The van der Waals surface area contributed by atoms with E-state index in [-0.39, 0.29) is 0 Å². The number of fused-ring (bicyclic) bond motifs is 1. The van der Waals surface area contributed by atoms with Crippen molar-refractivity contribution in [3.05, 3.63) is 70.7 Å². The first kappa shape index (κ1) is 17.5. The average molecular weight is 404 g/mol. The van der Waals surface area contributed by atoms with Crippen LogP contribution in [0.2, 0.25) is 0 Å². The van der Waals surface area contributed by atoms with Crippen LogP contribution in [0.4, 0.5) is 0 Å². The highest BCUT2D eigenvalue weighted by Crippen LogP contribution is 2.29. The van der Waals surface area contributed by atoms with E-state index in [1.165, 1.54) is 11.3 Å². The highest BCUT2D eigenvalue weighted by Gasteiger charge is 2.18. The topological polar surface area (TPSA) is 113 Å². The Morgan fingerprint density at radius 3 is 2.83 bits per heavy atom. The molecule has 0 radical (unpaired) electrons. The lowest BCUT2D eigenvalue weighted by molar-refractivity contribution is 0.214. The molecule has 0 aliphatic carbocycles. The van der Waals surface area contributed by atoms with Gasteiger partial charge in [0.25, 0.3) is 0 Å². The number of aliphatic hydroxyl groups is 1. The Bertz CT molecular complexity index is 1290. The van der Waals surface area contributed by atoms with Crippen LogP contribution in [0.1, 0.15) is 21.8 Å². The molecule has 8 nitrogen and oxygen atoms in total. The molecule has 5 rings (SSSR count). The van der Waals surface area contributed by atoms with Gasteiger partial charge in [0.2, 0.25) is 0 Å². The van der Waals surface area contributed by atoms with Crippen LogP contribution >= 0.6 is 11.3 Å². The molecular weight excluding hydrogens is 388 g/mol. The van der Waals surface area contributed by atoms with Crippen LogP contribution < -0.4 is 4.74 Å². The molecule has 0 bridgehead atoms. The highest BCUT2D eigenvalue weighted by atomic mass is 32.1. The molecular formula is C20H16N6O2S. The largest absolute Gasteiger partial charge is 0.457 e. The molecule has 2 aromatic carbocycles. The summed E-state index contributed by atoms with van der Waals surface area (Å²) in [6.45, 7) is 1.89. The normalized spacial score (nSPS) is 12.3. The molecule has 1 unspecified atom stereocenters. The van der Waals surface area contributed by atoms with Crippen LogP contribution in [0.3, 0.4) is 0 Å². The number of benzene rings is 2. The summed E-state index contributed by atoms with van der Waals surface area (Å²) < 4.78 is 5.97. The van der Waals surface area contributed by atoms with Gasteiger partial charge in [-0.05, 0) is 31.2 Å².